The van der Waals surface area contributed by atoms with Gasteiger partial charge in [-0.25, -0.2) is 9.98 Å². The van der Waals surface area contributed by atoms with Crippen LogP contribution in [0, 0.1) is 12.3 Å². The largest absolute Gasteiger partial charge is 0.370 e. The number of aliphatic imine (C=N–C) groups is 2. The molecule has 0 radical (unpaired) electrons. The second-order valence-electron chi connectivity index (χ2n) is 17.6. The molecule has 0 saturated carbocycles. The fourth-order valence-electron chi connectivity index (χ4n) is 9.15. The Morgan fingerprint density at radius 3 is 1.66 bits per heavy atom. The summed E-state index contributed by atoms with van der Waals surface area (Å²) in [5.41, 5.74) is 13.7. The van der Waals surface area contributed by atoms with Crippen molar-refractivity contribution in [2.24, 2.45) is 21.5 Å². The van der Waals surface area contributed by atoms with Gasteiger partial charge in [-0.15, -0.1) is 6.42 Å². The van der Waals surface area contributed by atoms with E-state index in [1.807, 2.05) is 35.7 Å². The SMILES string of the molecule is C#CCOCCCC(=O)c1ccc(CN(CCCCCCCC(=O)CCCCC2SCC3NC(N)=NC32)CCCCCCCC(=O)CCCCC2SCC3NC(N)=NC32)cc1. The van der Waals surface area contributed by atoms with E-state index in [0.717, 1.165) is 127 Å². The molecule has 5 rings (SSSR count). The molecule has 4 aliphatic rings. The van der Waals surface area contributed by atoms with Gasteiger partial charge in [0.25, 0.3) is 0 Å². The summed E-state index contributed by atoms with van der Waals surface area (Å²) in [7, 11) is 0. The van der Waals surface area contributed by atoms with Gasteiger partial charge in [0.05, 0.1) is 24.2 Å². The molecule has 338 valence electrons. The van der Waals surface area contributed by atoms with Crippen LogP contribution in [0.2, 0.25) is 0 Å². The second-order valence-corrected chi connectivity index (χ2v) is 20.2. The van der Waals surface area contributed by atoms with Crippen LogP contribution in [0.5, 0.6) is 0 Å². The molecule has 0 amide bonds. The zero-order valence-corrected chi connectivity index (χ0v) is 38.4. The van der Waals surface area contributed by atoms with Crippen molar-refractivity contribution in [1.82, 2.24) is 15.5 Å². The van der Waals surface area contributed by atoms with E-state index in [4.69, 9.17) is 22.6 Å². The molecule has 6 atom stereocenters. The third-order valence-electron chi connectivity index (χ3n) is 12.6. The number of nitrogens with two attached hydrogens (primary N) is 2. The first-order chi connectivity index (χ1) is 29.8. The Morgan fingerprint density at radius 1 is 0.672 bits per heavy atom. The zero-order valence-electron chi connectivity index (χ0n) is 36.8. The normalized spacial score (nSPS) is 22.6. The van der Waals surface area contributed by atoms with Gasteiger partial charge in [0.15, 0.2) is 17.7 Å². The van der Waals surface area contributed by atoms with Crippen molar-refractivity contribution in [3.05, 3.63) is 35.4 Å². The summed E-state index contributed by atoms with van der Waals surface area (Å²) >= 11 is 3.99. The number of terminal acetylenes is 1. The first-order valence-electron chi connectivity index (χ1n) is 23.6. The lowest BCUT2D eigenvalue weighted by atomic mass is 10.0. The fourth-order valence-corrected chi connectivity index (χ4v) is 12.2. The van der Waals surface area contributed by atoms with Crippen molar-refractivity contribution in [3.63, 3.8) is 0 Å². The van der Waals surface area contributed by atoms with Crippen molar-refractivity contribution in [2.75, 3.05) is 37.8 Å². The first kappa shape index (κ1) is 49.0. The molecule has 13 heteroatoms. The molecule has 2 fully saturated rings. The Hall–Kier alpha value is -3.05. The molecule has 0 spiro atoms. The third-order valence-corrected chi connectivity index (χ3v) is 15.6. The number of fused-ring (bicyclic) bond motifs is 2. The Kier molecular flexibility index (Phi) is 22.4. The van der Waals surface area contributed by atoms with Crippen molar-refractivity contribution < 1.29 is 19.1 Å². The number of unbranched alkanes of at least 4 members (excludes halogenated alkanes) is 10. The molecule has 2 saturated heterocycles. The minimum atomic E-state index is 0.136. The number of hydrogen-bond donors (Lipinski definition) is 4. The van der Waals surface area contributed by atoms with E-state index in [1.165, 1.54) is 18.4 Å². The maximum absolute atomic E-state index is 12.7. The van der Waals surface area contributed by atoms with Crippen LogP contribution >= 0.6 is 23.5 Å². The highest BCUT2D eigenvalue weighted by molar-refractivity contribution is 8.00. The summed E-state index contributed by atoms with van der Waals surface area (Å²) in [5.74, 6) is 6.72. The van der Waals surface area contributed by atoms with Crippen LogP contribution in [0.3, 0.4) is 0 Å². The molecule has 0 aliphatic carbocycles. The number of hydrogen-bond acceptors (Lipinski definition) is 13. The van der Waals surface area contributed by atoms with E-state index in [1.54, 1.807) is 0 Å². The molecule has 6 unspecified atom stereocenters. The lowest BCUT2D eigenvalue weighted by Gasteiger charge is -2.23. The number of carbonyl (C=O) groups is 3. The quantitative estimate of drug-likeness (QED) is 0.0307. The monoisotopic (exact) mass is 878 g/mol. The van der Waals surface area contributed by atoms with Gasteiger partial charge in [-0.05, 0) is 76.4 Å². The molecular formula is C48H75N7O4S2. The van der Waals surface area contributed by atoms with E-state index in [9.17, 15) is 14.4 Å². The van der Waals surface area contributed by atoms with Crippen molar-refractivity contribution >= 4 is 52.8 Å². The van der Waals surface area contributed by atoms with Crippen molar-refractivity contribution in [3.8, 4) is 12.3 Å². The minimum absolute atomic E-state index is 0.136. The fraction of sp³-hybridized carbons (Fsp3) is 0.729. The number of thioether (sulfide) groups is 2. The number of rotatable bonds is 34. The van der Waals surface area contributed by atoms with Gasteiger partial charge in [0.1, 0.15) is 18.2 Å². The molecule has 0 aromatic heterocycles. The number of ether oxygens (including phenoxy) is 1. The number of carbonyl (C=O) groups excluding carboxylic acids is 3. The van der Waals surface area contributed by atoms with Gasteiger partial charge < -0.3 is 26.8 Å². The van der Waals surface area contributed by atoms with Gasteiger partial charge in [-0.2, -0.15) is 23.5 Å². The minimum Gasteiger partial charge on any atom is -0.370 e. The average Bonchev–Trinajstić information content (AvgIpc) is 4.02. The molecule has 61 heavy (non-hydrogen) atoms. The van der Waals surface area contributed by atoms with Gasteiger partial charge in [-0.3, -0.25) is 19.3 Å². The molecule has 11 nitrogen and oxygen atoms in total. The Bertz CT molecular complexity index is 1520. The number of ketones is 3. The van der Waals surface area contributed by atoms with Crippen LogP contribution in [-0.4, -0.2) is 107 Å². The van der Waals surface area contributed by atoms with Crippen LogP contribution in [0.25, 0.3) is 0 Å². The third kappa shape index (κ3) is 17.9. The Labute approximate surface area is 375 Å². The van der Waals surface area contributed by atoms with Crippen LogP contribution < -0.4 is 22.1 Å². The summed E-state index contributed by atoms with van der Waals surface area (Å²) < 4.78 is 5.32. The molecule has 6 N–H and O–H groups in total. The maximum Gasteiger partial charge on any atom is 0.189 e. The summed E-state index contributed by atoms with van der Waals surface area (Å²) in [5, 5.41) is 7.61. The lowest BCUT2D eigenvalue weighted by Crippen LogP contribution is -2.38. The summed E-state index contributed by atoms with van der Waals surface area (Å²) in [6, 6.07) is 9.53. The predicted octanol–water partition coefficient (Wildman–Crippen LogP) is 7.58. The van der Waals surface area contributed by atoms with E-state index in [2.05, 4.69) is 43.6 Å². The van der Waals surface area contributed by atoms with Gasteiger partial charge in [0, 0.05) is 72.8 Å². The maximum atomic E-state index is 12.7. The number of guanidine groups is 2. The Balaban J connectivity index is 0.919. The van der Waals surface area contributed by atoms with E-state index in [0.29, 0.717) is 103 Å². The van der Waals surface area contributed by atoms with E-state index >= 15 is 0 Å². The summed E-state index contributed by atoms with van der Waals surface area (Å²) in [4.78, 5) is 49.6. The number of nitrogens with zero attached hydrogens (tertiary/aromatic N) is 3. The standard InChI is InChI=1S/C48H75N7O4S2/c1-2-31-59-32-17-22-42(58)37-27-25-36(26-28-37)33-55(29-15-7-3-5-9-18-38(56)20-11-13-23-43-45-40(34-60-43)51-47(49)53-45)30-16-8-4-6-10-19-39(57)21-12-14-24-44-46-41(35-61-44)52-48(50)54-46/h1,25-28,40-41,43-46H,3-24,29-35H2,(H3,49,51,53)(H3,50,52,54). The van der Waals surface area contributed by atoms with Crippen LogP contribution in [0.1, 0.15) is 157 Å². The predicted molar refractivity (Wildman–Crippen MR) is 254 cm³/mol. The number of Topliss-reactive ketones (excluding diaryl/α,β-unsaturated/α-hetero) is 3. The highest BCUT2D eigenvalue weighted by Crippen LogP contribution is 2.36. The van der Waals surface area contributed by atoms with Gasteiger partial charge >= 0.3 is 0 Å². The molecule has 1 aromatic rings. The highest BCUT2D eigenvalue weighted by atomic mass is 32.2. The number of benzene rings is 1. The molecule has 4 aliphatic heterocycles. The average molecular weight is 878 g/mol. The summed E-state index contributed by atoms with van der Waals surface area (Å²) in [6.07, 6.45) is 26.6. The lowest BCUT2D eigenvalue weighted by molar-refractivity contribution is -0.120. The molecule has 1 aromatic carbocycles. The molecular weight excluding hydrogens is 803 g/mol. The van der Waals surface area contributed by atoms with E-state index in [-0.39, 0.29) is 12.4 Å². The topological polar surface area (TPSA) is 164 Å². The smallest absolute Gasteiger partial charge is 0.189 e. The molecule has 4 heterocycles. The second kappa shape index (κ2) is 27.9. The van der Waals surface area contributed by atoms with Gasteiger partial charge in [0.2, 0.25) is 0 Å². The van der Waals surface area contributed by atoms with Crippen LogP contribution in [0.15, 0.2) is 34.3 Å². The van der Waals surface area contributed by atoms with Gasteiger partial charge in [-0.1, -0.05) is 81.6 Å². The zero-order chi connectivity index (χ0) is 43.1. The van der Waals surface area contributed by atoms with Crippen molar-refractivity contribution in [1.29, 1.82) is 0 Å². The highest BCUT2D eigenvalue weighted by Gasteiger charge is 2.41. The summed E-state index contributed by atoms with van der Waals surface area (Å²) in [6.45, 7) is 3.73. The van der Waals surface area contributed by atoms with Crippen LogP contribution in [0.4, 0.5) is 0 Å². The molecule has 0 bridgehead atoms. The van der Waals surface area contributed by atoms with Crippen molar-refractivity contribution in [2.45, 2.75) is 182 Å². The Morgan fingerprint density at radius 2 is 1.15 bits per heavy atom. The number of nitrogens with one attached hydrogen (secondary N) is 2. The first-order valence-corrected chi connectivity index (χ1v) is 25.7. The van der Waals surface area contributed by atoms with E-state index < -0.39 is 0 Å². The van der Waals surface area contributed by atoms with Crippen LogP contribution in [-0.2, 0) is 20.9 Å².